The topological polar surface area (TPSA) is 100 Å². The number of nitrogens with one attached hydrogen (secondary N) is 2. The molecule has 1 amide bonds. The van der Waals surface area contributed by atoms with E-state index in [9.17, 15) is 4.79 Å². The quantitative estimate of drug-likeness (QED) is 0.275. The molecule has 0 saturated heterocycles. The Bertz CT molecular complexity index is 1350. The average Bonchev–Trinajstić information content (AvgIpc) is 2.90. The van der Waals surface area contributed by atoms with Crippen LogP contribution >= 0.6 is 0 Å². The number of carbonyl (C=O) groups excluding carboxylic acids is 1. The van der Waals surface area contributed by atoms with Gasteiger partial charge in [0, 0.05) is 34.6 Å². The van der Waals surface area contributed by atoms with Gasteiger partial charge in [-0.3, -0.25) is 0 Å². The van der Waals surface area contributed by atoms with Crippen LogP contribution in [0.5, 0.6) is 23.0 Å². The van der Waals surface area contributed by atoms with Crippen LogP contribution in [-0.4, -0.2) is 45.6 Å². The number of benzene rings is 3. The first-order valence-electron chi connectivity index (χ1n) is 11.8. The van der Waals surface area contributed by atoms with E-state index in [4.69, 9.17) is 28.7 Å². The van der Waals surface area contributed by atoms with Gasteiger partial charge in [0.05, 0.1) is 45.2 Å². The van der Waals surface area contributed by atoms with Crippen LogP contribution in [-0.2, 0) is 11.3 Å². The lowest BCUT2D eigenvalue weighted by Crippen LogP contribution is -2.30. The molecule has 0 aliphatic rings. The van der Waals surface area contributed by atoms with Crippen molar-refractivity contribution in [3.05, 3.63) is 54.1 Å². The molecule has 3 aromatic carbocycles. The summed E-state index contributed by atoms with van der Waals surface area (Å²) in [5, 5.41) is 7.93. The van der Waals surface area contributed by atoms with Gasteiger partial charge in [-0.2, -0.15) is 0 Å². The van der Waals surface area contributed by atoms with E-state index in [0.717, 1.165) is 38.7 Å². The maximum absolute atomic E-state index is 11.8. The number of pyridine rings is 1. The number of fused-ring (bicyclic) bond motifs is 2. The number of hydrogen-bond donors (Lipinski definition) is 2. The molecule has 0 radical (unpaired) electrons. The molecular formula is C28H31N3O6. The summed E-state index contributed by atoms with van der Waals surface area (Å²) in [4.78, 5) is 16.6. The maximum atomic E-state index is 11.8. The Morgan fingerprint density at radius 3 is 1.73 bits per heavy atom. The van der Waals surface area contributed by atoms with E-state index in [-0.39, 0.29) is 12.6 Å². The minimum atomic E-state index is -0.444. The smallest absolute Gasteiger partial charge is 0.407 e. The second-order valence-corrected chi connectivity index (χ2v) is 8.63. The van der Waals surface area contributed by atoms with Crippen molar-refractivity contribution in [1.82, 2.24) is 10.3 Å². The summed E-state index contributed by atoms with van der Waals surface area (Å²) in [6, 6.07) is 15.2. The Kier molecular flexibility index (Phi) is 7.71. The van der Waals surface area contributed by atoms with E-state index in [0.29, 0.717) is 23.0 Å². The Balaban J connectivity index is 1.76. The molecule has 0 fully saturated rings. The monoisotopic (exact) mass is 505 g/mol. The van der Waals surface area contributed by atoms with Crippen molar-refractivity contribution in [3.8, 4) is 23.0 Å². The Labute approximate surface area is 215 Å². The van der Waals surface area contributed by atoms with Gasteiger partial charge < -0.3 is 34.3 Å². The number of carbonyl (C=O) groups is 1. The Morgan fingerprint density at radius 2 is 1.27 bits per heavy atom. The summed E-state index contributed by atoms with van der Waals surface area (Å²) < 4.78 is 27.4. The molecule has 0 saturated carbocycles. The number of aromatic nitrogens is 1. The molecule has 0 bridgehead atoms. The molecule has 0 unspecified atom stereocenters. The molecule has 0 atom stereocenters. The molecule has 9 nitrogen and oxygen atoms in total. The molecule has 4 rings (SSSR count). The molecule has 0 aliphatic carbocycles. The van der Waals surface area contributed by atoms with Crippen LogP contribution in [0.15, 0.2) is 48.5 Å². The lowest BCUT2D eigenvalue weighted by atomic mass is 10.1. The summed E-state index contributed by atoms with van der Waals surface area (Å²) in [5.74, 6) is 2.34. The van der Waals surface area contributed by atoms with Crippen LogP contribution in [0.3, 0.4) is 0 Å². The molecular weight excluding hydrogens is 474 g/mol. The zero-order valence-electron chi connectivity index (χ0n) is 21.8. The van der Waals surface area contributed by atoms with Gasteiger partial charge in [-0.25, -0.2) is 9.78 Å². The molecule has 4 aromatic rings. The number of amides is 1. The zero-order chi connectivity index (χ0) is 26.5. The molecule has 1 heterocycles. The fourth-order valence-electron chi connectivity index (χ4n) is 3.99. The van der Waals surface area contributed by atoms with Gasteiger partial charge in [-0.05, 0) is 43.7 Å². The van der Waals surface area contributed by atoms with Gasteiger partial charge in [-0.15, -0.1) is 0 Å². The number of hydrogen-bond acceptors (Lipinski definition) is 8. The predicted octanol–water partition coefficient (Wildman–Crippen LogP) is 5.80. The molecule has 1 aromatic heterocycles. The molecule has 9 heteroatoms. The Hall–Kier alpha value is -4.40. The standard InChI is InChI=1S/C28H31N3O6/c1-16(2)29-28(32)37-15-17-7-9-18(10-8-17)30-27-19-11-23(33-3)25(35-5)13-21(19)31-22-14-26(36-6)24(34-4)12-20(22)27/h7-14,16H,15H2,1-6H3,(H,29,32)(H,30,31). The van der Waals surface area contributed by atoms with Crippen molar-refractivity contribution in [2.45, 2.75) is 26.5 Å². The van der Waals surface area contributed by atoms with Crippen LogP contribution in [0, 0.1) is 0 Å². The number of anilines is 2. The highest BCUT2D eigenvalue weighted by Gasteiger charge is 2.17. The third kappa shape index (κ3) is 5.55. The molecule has 0 aliphatic heterocycles. The summed E-state index contributed by atoms with van der Waals surface area (Å²) in [6.07, 6.45) is -0.444. The third-order valence-electron chi connectivity index (χ3n) is 5.78. The summed E-state index contributed by atoms with van der Waals surface area (Å²) in [5.41, 5.74) is 3.98. The van der Waals surface area contributed by atoms with Crippen molar-refractivity contribution in [1.29, 1.82) is 0 Å². The van der Waals surface area contributed by atoms with Gasteiger partial charge in [-0.1, -0.05) is 12.1 Å². The van der Waals surface area contributed by atoms with Crippen LogP contribution in [0.25, 0.3) is 21.8 Å². The Morgan fingerprint density at radius 1 is 0.784 bits per heavy atom. The first-order chi connectivity index (χ1) is 17.9. The van der Waals surface area contributed by atoms with Crippen molar-refractivity contribution < 1.29 is 28.5 Å². The molecule has 0 spiro atoms. The summed E-state index contributed by atoms with van der Waals surface area (Å²) in [7, 11) is 6.38. The van der Waals surface area contributed by atoms with Gasteiger partial charge in [0.2, 0.25) is 0 Å². The molecule has 2 N–H and O–H groups in total. The van der Waals surface area contributed by atoms with Crippen molar-refractivity contribution >= 4 is 39.3 Å². The van der Waals surface area contributed by atoms with Gasteiger partial charge in [0.15, 0.2) is 23.0 Å². The van der Waals surface area contributed by atoms with E-state index in [2.05, 4.69) is 10.6 Å². The van der Waals surface area contributed by atoms with Crippen LogP contribution in [0.2, 0.25) is 0 Å². The van der Waals surface area contributed by atoms with E-state index >= 15 is 0 Å². The van der Waals surface area contributed by atoms with Gasteiger partial charge in [0.25, 0.3) is 0 Å². The molecule has 194 valence electrons. The third-order valence-corrected chi connectivity index (χ3v) is 5.78. The minimum Gasteiger partial charge on any atom is -0.493 e. The summed E-state index contributed by atoms with van der Waals surface area (Å²) >= 11 is 0. The lowest BCUT2D eigenvalue weighted by molar-refractivity contribution is 0.137. The summed E-state index contributed by atoms with van der Waals surface area (Å²) in [6.45, 7) is 3.94. The first kappa shape index (κ1) is 25.7. The van der Waals surface area contributed by atoms with Crippen molar-refractivity contribution in [2.24, 2.45) is 0 Å². The van der Waals surface area contributed by atoms with E-state index in [1.165, 1.54) is 0 Å². The lowest BCUT2D eigenvalue weighted by Gasteiger charge is -2.17. The number of alkyl carbamates (subject to hydrolysis) is 1. The highest BCUT2D eigenvalue weighted by molar-refractivity contribution is 6.10. The van der Waals surface area contributed by atoms with Crippen LogP contribution in [0.4, 0.5) is 16.2 Å². The number of rotatable bonds is 9. The largest absolute Gasteiger partial charge is 0.493 e. The zero-order valence-corrected chi connectivity index (χ0v) is 21.8. The highest BCUT2D eigenvalue weighted by atomic mass is 16.5. The minimum absolute atomic E-state index is 0.0151. The van der Waals surface area contributed by atoms with Gasteiger partial charge in [0.1, 0.15) is 6.61 Å². The second kappa shape index (κ2) is 11.1. The normalized spacial score (nSPS) is 10.9. The van der Waals surface area contributed by atoms with E-state index < -0.39 is 6.09 Å². The fraction of sp³-hybridized carbons (Fsp3) is 0.286. The SMILES string of the molecule is COc1cc2nc3cc(OC)c(OC)cc3c(Nc3ccc(COC(=O)NC(C)C)cc3)c2cc1OC. The van der Waals surface area contributed by atoms with E-state index in [1.807, 2.05) is 62.4 Å². The van der Waals surface area contributed by atoms with E-state index in [1.54, 1.807) is 28.4 Å². The molecule has 37 heavy (non-hydrogen) atoms. The highest BCUT2D eigenvalue weighted by Crippen LogP contribution is 2.42. The average molecular weight is 506 g/mol. The predicted molar refractivity (Wildman–Crippen MR) is 144 cm³/mol. The first-order valence-corrected chi connectivity index (χ1v) is 11.8. The van der Waals surface area contributed by atoms with Crippen LogP contribution in [0.1, 0.15) is 19.4 Å². The maximum Gasteiger partial charge on any atom is 0.407 e. The number of methoxy groups -OCH3 is 4. The van der Waals surface area contributed by atoms with Gasteiger partial charge >= 0.3 is 6.09 Å². The fourth-order valence-corrected chi connectivity index (χ4v) is 3.99. The van der Waals surface area contributed by atoms with Crippen LogP contribution < -0.4 is 29.6 Å². The number of ether oxygens (including phenoxy) is 5. The van der Waals surface area contributed by atoms with Crippen molar-refractivity contribution in [2.75, 3.05) is 33.8 Å². The number of nitrogens with zero attached hydrogens (tertiary/aromatic N) is 1. The second-order valence-electron chi connectivity index (χ2n) is 8.63. The van der Waals surface area contributed by atoms with Crippen molar-refractivity contribution in [3.63, 3.8) is 0 Å².